The van der Waals surface area contributed by atoms with E-state index in [-0.39, 0.29) is 27.6 Å². The SMILES string of the molecule is Cc1onc(-c2c(F)cc(F)cc2Cl)c1C(=O)O. The highest BCUT2D eigenvalue weighted by molar-refractivity contribution is 6.33. The molecule has 0 aliphatic carbocycles. The summed E-state index contributed by atoms with van der Waals surface area (Å²) in [4.78, 5) is 11.0. The highest BCUT2D eigenvalue weighted by atomic mass is 35.5. The number of carbonyl (C=O) groups is 1. The van der Waals surface area contributed by atoms with Gasteiger partial charge < -0.3 is 9.63 Å². The van der Waals surface area contributed by atoms with Crippen molar-refractivity contribution in [3.63, 3.8) is 0 Å². The zero-order valence-electron chi connectivity index (χ0n) is 9.00. The number of rotatable bonds is 2. The summed E-state index contributed by atoms with van der Waals surface area (Å²) in [5.74, 6) is -3.19. The number of halogens is 3. The number of aromatic carboxylic acids is 1. The predicted molar refractivity (Wildman–Crippen MR) is 58.6 cm³/mol. The zero-order chi connectivity index (χ0) is 13.4. The van der Waals surface area contributed by atoms with Gasteiger partial charge in [-0.2, -0.15) is 0 Å². The molecule has 0 saturated heterocycles. The van der Waals surface area contributed by atoms with Crippen molar-refractivity contribution >= 4 is 17.6 Å². The molecule has 1 heterocycles. The Morgan fingerprint density at radius 1 is 1.44 bits per heavy atom. The summed E-state index contributed by atoms with van der Waals surface area (Å²) >= 11 is 5.70. The predicted octanol–water partition coefficient (Wildman–Crippen LogP) is 3.28. The fraction of sp³-hybridized carbons (Fsp3) is 0.0909. The molecular weight excluding hydrogens is 268 g/mol. The Morgan fingerprint density at radius 3 is 2.67 bits per heavy atom. The number of carboxylic acid groups (broad SMARTS) is 1. The van der Waals surface area contributed by atoms with E-state index in [4.69, 9.17) is 21.2 Å². The van der Waals surface area contributed by atoms with Crippen LogP contribution in [-0.2, 0) is 0 Å². The van der Waals surface area contributed by atoms with Crippen LogP contribution in [0.2, 0.25) is 5.02 Å². The molecule has 0 atom stereocenters. The second-order valence-electron chi connectivity index (χ2n) is 3.51. The summed E-state index contributed by atoms with van der Waals surface area (Å²) in [5.41, 5.74) is -0.864. The Balaban J connectivity index is 2.74. The van der Waals surface area contributed by atoms with E-state index < -0.39 is 17.6 Å². The molecule has 0 unspecified atom stereocenters. The topological polar surface area (TPSA) is 63.3 Å². The third-order valence-electron chi connectivity index (χ3n) is 2.32. The monoisotopic (exact) mass is 273 g/mol. The number of hydrogen-bond acceptors (Lipinski definition) is 3. The van der Waals surface area contributed by atoms with Crippen LogP contribution in [-0.4, -0.2) is 16.2 Å². The molecule has 0 spiro atoms. The summed E-state index contributed by atoms with van der Waals surface area (Å²) < 4.78 is 31.3. The number of carboxylic acids is 1. The fourth-order valence-corrected chi connectivity index (χ4v) is 1.85. The average Bonchev–Trinajstić information content (AvgIpc) is 2.58. The lowest BCUT2D eigenvalue weighted by Gasteiger charge is -2.03. The standard InChI is InChI=1S/C11H6ClF2NO3/c1-4-8(11(16)17)10(15-18-4)9-6(12)2-5(13)3-7(9)14/h2-3H,1H3,(H,16,17). The summed E-state index contributed by atoms with van der Waals surface area (Å²) in [7, 11) is 0. The summed E-state index contributed by atoms with van der Waals surface area (Å²) in [6.45, 7) is 1.37. The van der Waals surface area contributed by atoms with Crippen molar-refractivity contribution in [3.05, 3.63) is 40.1 Å². The lowest BCUT2D eigenvalue weighted by atomic mass is 10.1. The minimum Gasteiger partial charge on any atom is -0.477 e. The summed E-state index contributed by atoms with van der Waals surface area (Å²) in [6, 6.07) is 1.46. The van der Waals surface area contributed by atoms with Crippen molar-refractivity contribution in [1.29, 1.82) is 0 Å². The van der Waals surface area contributed by atoms with Gasteiger partial charge in [0.1, 0.15) is 28.7 Å². The summed E-state index contributed by atoms with van der Waals surface area (Å²) in [6.07, 6.45) is 0. The molecule has 0 bridgehead atoms. The van der Waals surface area contributed by atoms with Gasteiger partial charge >= 0.3 is 5.97 Å². The molecule has 0 fully saturated rings. The molecule has 1 aromatic heterocycles. The van der Waals surface area contributed by atoms with E-state index in [1.165, 1.54) is 6.92 Å². The first-order valence-electron chi connectivity index (χ1n) is 4.76. The van der Waals surface area contributed by atoms with E-state index in [9.17, 15) is 13.6 Å². The first-order valence-corrected chi connectivity index (χ1v) is 5.14. The molecule has 7 heteroatoms. The number of aromatic nitrogens is 1. The molecule has 0 radical (unpaired) electrons. The van der Waals surface area contributed by atoms with E-state index in [0.717, 1.165) is 6.07 Å². The first-order chi connectivity index (χ1) is 8.41. The minimum atomic E-state index is -1.33. The van der Waals surface area contributed by atoms with E-state index in [1.54, 1.807) is 0 Å². The molecule has 0 saturated carbocycles. The smallest absolute Gasteiger partial charge is 0.341 e. The molecule has 1 N–H and O–H groups in total. The van der Waals surface area contributed by atoms with Crippen LogP contribution < -0.4 is 0 Å². The van der Waals surface area contributed by atoms with E-state index in [1.807, 2.05) is 0 Å². The van der Waals surface area contributed by atoms with Gasteiger partial charge in [-0.05, 0) is 13.0 Å². The first kappa shape index (κ1) is 12.5. The van der Waals surface area contributed by atoms with Gasteiger partial charge in [0.2, 0.25) is 0 Å². The fourth-order valence-electron chi connectivity index (χ4n) is 1.56. The van der Waals surface area contributed by atoms with Gasteiger partial charge in [-0.25, -0.2) is 13.6 Å². The number of hydrogen-bond donors (Lipinski definition) is 1. The van der Waals surface area contributed by atoms with Gasteiger partial charge in [-0.3, -0.25) is 0 Å². The summed E-state index contributed by atoms with van der Waals surface area (Å²) in [5, 5.41) is 12.2. The largest absolute Gasteiger partial charge is 0.477 e. The van der Waals surface area contributed by atoms with Crippen molar-refractivity contribution in [2.24, 2.45) is 0 Å². The zero-order valence-corrected chi connectivity index (χ0v) is 9.76. The van der Waals surface area contributed by atoms with Crippen LogP contribution in [0.4, 0.5) is 8.78 Å². The van der Waals surface area contributed by atoms with Crippen molar-refractivity contribution in [2.75, 3.05) is 0 Å². The van der Waals surface area contributed by atoms with Crippen LogP contribution in [0, 0.1) is 18.6 Å². The lowest BCUT2D eigenvalue weighted by Crippen LogP contribution is -2.01. The average molecular weight is 274 g/mol. The van der Waals surface area contributed by atoms with Crippen molar-refractivity contribution < 1.29 is 23.2 Å². The second kappa shape index (κ2) is 4.38. The lowest BCUT2D eigenvalue weighted by molar-refractivity contribution is 0.0696. The van der Waals surface area contributed by atoms with Gasteiger partial charge in [0.15, 0.2) is 0 Å². The Hall–Kier alpha value is -1.95. The van der Waals surface area contributed by atoms with Crippen LogP contribution >= 0.6 is 11.6 Å². The van der Waals surface area contributed by atoms with E-state index >= 15 is 0 Å². The van der Waals surface area contributed by atoms with Crippen LogP contribution in [0.15, 0.2) is 16.7 Å². The molecule has 0 aliphatic heterocycles. The van der Waals surface area contributed by atoms with Crippen LogP contribution in [0.3, 0.4) is 0 Å². The van der Waals surface area contributed by atoms with Gasteiger partial charge in [0, 0.05) is 6.07 Å². The Labute approximate surface area is 105 Å². The molecule has 0 amide bonds. The van der Waals surface area contributed by atoms with Crippen LogP contribution in [0.1, 0.15) is 16.1 Å². The normalized spacial score (nSPS) is 10.7. The third-order valence-corrected chi connectivity index (χ3v) is 2.62. The maximum atomic E-state index is 13.7. The Morgan fingerprint density at radius 2 is 2.11 bits per heavy atom. The van der Waals surface area contributed by atoms with E-state index in [0.29, 0.717) is 6.07 Å². The van der Waals surface area contributed by atoms with Gasteiger partial charge in [0.25, 0.3) is 0 Å². The molecular formula is C11H6ClF2NO3. The molecule has 1 aromatic carbocycles. The van der Waals surface area contributed by atoms with Crippen molar-refractivity contribution in [2.45, 2.75) is 6.92 Å². The Bertz CT molecular complexity index is 616. The quantitative estimate of drug-likeness (QED) is 0.912. The molecule has 0 aliphatic rings. The number of nitrogens with zero attached hydrogens (tertiary/aromatic N) is 1. The molecule has 4 nitrogen and oxygen atoms in total. The highest BCUT2D eigenvalue weighted by Crippen LogP contribution is 2.34. The maximum Gasteiger partial charge on any atom is 0.341 e. The molecule has 18 heavy (non-hydrogen) atoms. The molecule has 2 aromatic rings. The minimum absolute atomic E-state index is 0.0114. The van der Waals surface area contributed by atoms with Crippen molar-refractivity contribution in [1.82, 2.24) is 5.16 Å². The maximum absolute atomic E-state index is 13.7. The molecule has 94 valence electrons. The van der Waals surface area contributed by atoms with Gasteiger partial charge in [-0.1, -0.05) is 16.8 Å². The van der Waals surface area contributed by atoms with E-state index in [2.05, 4.69) is 5.16 Å². The van der Waals surface area contributed by atoms with Crippen LogP contribution in [0.25, 0.3) is 11.3 Å². The Kier molecular flexibility index (Phi) is 3.04. The number of benzene rings is 1. The number of aryl methyl sites for hydroxylation is 1. The third kappa shape index (κ3) is 1.95. The van der Waals surface area contributed by atoms with Gasteiger partial charge in [0.05, 0.1) is 10.6 Å². The van der Waals surface area contributed by atoms with Gasteiger partial charge in [-0.15, -0.1) is 0 Å². The second-order valence-corrected chi connectivity index (χ2v) is 3.92. The van der Waals surface area contributed by atoms with Crippen molar-refractivity contribution in [3.8, 4) is 11.3 Å². The molecule has 2 rings (SSSR count). The van der Waals surface area contributed by atoms with Crippen LogP contribution in [0.5, 0.6) is 0 Å². The highest BCUT2D eigenvalue weighted by Gasteiger charge is 2.25.